The molecule has 0 saturated heterocycles. The predicted molar refractivity (Wildman–Crippen MR) is 115 cm³/mol. The van der Waals surface area contributed by atoms with Crippen LogP contribution in [0.1, 0.15) is 5.56 Å². The standard InChI is InChI=1S/C25H19BO2/c1-18-10-8-17-23-25(18)28-26(27-23)24-21(19-11-4-2-5-12-19)15-9-16-22(24)20-13-6-3-7-14-20/h2-17H,1H3. The van der Waals surface area contributed by atoms with Gasteiger partial charge in [-0.1, -0.05) is 91.0 Å². The zero-order valence-corrected chi connectivity index (χ0v) is 15.6. The summed E-state index contributed by atoms with van der Waals surface area (Å²) in [6.45, 7) is 2.05. The minimum atomic E-state index is -0.484. The normalized spacial score (nSPS) is 12.2. The molecule has 0 radical (unpaired) electrons. The Labute approximate surface area is 165 Å². The number of aryl methyl sites for hydroxylation is 1. The van der Waals surface area contributed by atoms with E-state index in [-0.39, 0.29) is 0 Å². The number of fused-ring (bicyclic) bond motifs is 1. The minimum absolute atomic E-state index is 0.484. The van der Waals surface area contributed by atoms with E-state index in [1.165, 1.54) is 0 Å². The number of hydrogen-bond acceptors (Lipinski definition) is 2. The quantitative estimate of drug-likeness (QED) is 0.449. The van der Waals surface area contributed by atoms with E-state index in [2.05, 4.69) is 66.7 Å². The van der Waals surface area contributed by atoms with E-state index in [1.807, 2.05) is 37.3 Å². The highest BCUT2D eigenvalue weighted by molar-refractivity contribution is 6.67. The Bertz CT molecular complexity index is 1070. The maximum absolute atomic E-state index is 6.33. The average molecular weight is 362 g/mol. The summed E-state index contributed by atoms with van der Waals surface area (Å²) in [6, 6.07) is 33.2. The number of rotatable bonds is 3. The Balaban J connectivity index is 1.70. The summed E-state index contributed by atoms with van der Waals surface area (Å²) >= 11 is 0. The first-order chi connectivity index (χ1) is 13.8. The van der Waals surface area contributed by atoms with Gasteiger partial charge in [0.2, 0.25) is 0 Å². The van der Waals surface area contributed by atoms with Gasteiger partial charge in [0.15, 0.2) is 0 Å². The fraction of sp³-hybridized carbons (Fsp3) is 0.0400. The lowest BCUT2D eigenvalue weighted by Crippen LogP contribution is -2.41. The molecule has 4 aromatic carbocycles. The zero-order valence-electron chi connectivity index (χ0n) is 15.6. The Morgan fingerprint density at radius 2 is 1.14 bits per heavy atom. The second-order valence-electron chi connectivity index (χ2n) is 6.97. The van der Waals surface area contributed by atoms with E-state index in [1.54, 1.807) is 0 Å². The molecule has 0 atom stereocenters. The van der Waals surface area contributed by atoms with Crippen molar-refractivity contribution in [3.05, 3.63) is 103 Å². The van der Waals surface area contributed by atoms with E-state index >= 15 is 0 Å². The van der Waals surface area contributed by atoms with Gasteiger partial charge in [0.25, 0.3) is 0 Å². The van der Waals surface area contributed by atoms with Crippen LogP contribution in [0.4, 0.5) is 0 Å². The zero-order chi connectivity index (χ0) is 18.9. The smallest absolute Gasteiger partial charge is 0.519 e. The van der Waals surface area contributed by atoms with Gasteiger partial charge in [0.05, 0.1) is 0 Å². The van der Waals surface area contributed by atoms with Crippen molar-refractivity contribution >= 4 is 12.6 Å². The van der Waals surface area contributed by atoms with Gasteiger partial charge in [-0.15, -0.1) is 0 Å². The first-order valence-corrected chi connectivity index (χ1v) is 9.48. The van der Waals surface area contributed by atoms with Crippen LogP contribution in [-0.4, -0.2) is 7.12 Å². The summed E-state index contributed by atoms with van der Waals surface area (Å²) in [7, 11) is -0.484. The summed E-state index contributed by atoms with van der Waals surface area (Å²) in [5, 5.41) is 0. The van der Waals surface area contributed by atoms with Crippen LogP contribution in [0.3, 0.4) is 0 Å². The number of hydrogen-bond donors (Lipinski definition) is 0. The van der Waals surface area contributed by atoms with Crippen LogP contribution in [0.5, 0.6) is 11.5 Å². The summed E-state index contributed by atoms with van der Waals surface area (Å²) < 4.78 is 12.6. The van der Waals surface area contributed by atoms with Gasteiger partial charge in [0, 0.05) is 5.46 Å². The van der Waals surface area contributed by atoms with Crippen molar-refractivity contribution in [3.8, 4) is 33.8 Å². The van der Waals surface area contributed by atoms with E-state index in [9.17, 15) is 0 Å². The van der Waals surface area contributed by atoms with Gasteiger partial charge in [-0.3, -0.25) is 0 Å². The average Bonchev–Trinajstić information content (AvgIpc) is 3.20. The Morgan fingerprint density at radius 3 is 1.71 bits per heavy atom. The van der Waals surface area contributed by atoms with Crippen LogP contribution in [0.15, 0.2) is 97.1 Å². The van der Waals surface area contributed by atoms with E-state index in [0.29, 0.717) is 0 Å². The molecule has 1 aliphatic heterocycles. The molecule has 0 saturated carbocycles. The summed E-state index contributed by atoms with van der Waals surface area (Å²) in [6.07, 6.45) is 0. The van der Waals surface area contributed by atoms with E-state index in [4.69, 9.17) is 9.31 Å². The molecule has 0 N–H and O–H groups in total. The molecular weight excluding hydrogens is 343 g/mol. The van der Waals surface area contributed by atoms with Crippen LogP contribution >= 0.6 is 0 Å². The van der Waals surface area contributed by atoms with Crippen molar-refractivity contribution in [2.75, 3.05) is 0 Å². The number of benzene rings is 4. The molecular formula is C25H19BO2. The van der Waals surface area contributed by atoms with Gasteiger partial charge in [-0.25, -0.2) is 0 Å². The fourth-order valence-corrected chi connectivity index (χ4v) is 3.79. The maximum atomic E-state index is 6.33. The second kappa shape index (κ2) is 6.93. The monoisotopic (exact) mass is 362 g/mol. The van der Waals surface area contributed by atoms with Crippen molar-refractivity contribution in [2.45, 2.75) is 6.92 Å². The highest BCUT2D eigenvalue weighted by Crippen LogP contribution is 2.37. The third-order valence-electron chi connectivity index (χ3n) is 5.15. The summed E-state index contributed by atoms with van der Waals surface area (Å²) in [5.41, 5.74) is 6.68. The molecule has 0 bridgehead atoms. The van der Waals surface area contributed by atoms with E-state index < -0.39 is 7.12 Å². The molecule has 28 heavy (non-hydrogen) atoms. The molecule has 0 aromatic heterocycles. The predicted octanol–water partition coefficient (Wildman–Crippen LogP) is 5.50. The van der Waals surface area contributed by atoms with Crippen molar-refractivity contribution in [1.29, 1.82) is 0 Å². The lowest BCUT2D eigenvalue weighted by molar-refractivity contribution is 0.518. The molecule has 0 fully saturated rings. The first kappa shape index (κ1) is 16.7. The Hall–Kier alpha value is -3.46. The molecule has 134 valence electrons. The number of para-hydroxylation sites is 1. The van der Waals surface area contributed by atoms with Gasteiger partial charge < -0.3 is 9.31 Å². The largest absolute Gasteiger partial charge is 0.634 e. The van der Waals surface area contributed by atoms with Crippen LogP contribution in [-0.2, 0) is 0 Å². The van der Waals surface area contributed by atoms with Crippen molar-refractivity contribution in [3.63, 3.8) is 0 Å². The highest BCUT2D eigenvalue weighted by atomic mass is 16.6. The Kier molecular flexibility index (Phi) is 4.14. The van der Waals surface area contributed by atoms with E-state index in [0.717, 1.165) is 44.8 Å². The van der Waals surface area contributed by atoms with Gasteiger partial charge >= 0.3 is 7.12 Å². The van der Waals surface area contributed by atoms with Crippen LogP contribution in [0.25, 0.3) is 22.3 Å². The SMILES string of the molecule is Cc1cccc2c1OB(c1c(-c3ccccc3)cccc1-c1ccccc1)O2. The summed E-state index contributed by atoms with van der Waals surface area (Å²) in [5.74, 6) is 1.63. The summed E-state index contributed by atoms with van der Waals surface area (Å²) in [4.78, 5) is 0. The fourth-order valence-electron chi connectivity index (χ4n) is 3.79. The van der Waals surface area contributed by atoms with Gasteiger partial charge in [0.1, 0.15) is 11.5 Å². The molecule has 2 nitrogen and oxygen atoms in total. The van der Waals surface area contributed by atoms with Crippen LogP contribution in [0.2, 0.25) is 0 Å². The lowest BCUT2D eigenvalue weighted by Gasteiger charge is -2.17. The molecule has 0 spiro atoms. The molecule has 0 aliphatic carbocycles. The molecule has 0 unspecified atom stereocenters. The maximum Gasteiger partial charge on any atom is 0.634 e. The highest BCUT2D eigenvalue weighted by Gasteiger charge is 2.38. The lowest BCUT2D eigenvalue weighted by atomic mass is 9.70. The van der Waals surface area contributed by atoms with Crippen LogP contribution in [0, 0.1) is 6.92 Å². The van der Waals surface area contributed by atoms with Crippen LogP contribution < -0.4 is 14.8 Å². The van der Waals surface area contributed by atoms with Crippen molar-refractivity contribution in [1.82, 2.24) is 0 Å². The molecule has 3 heteroatoms. The topological polar surface area (TPSA) is 18.5 Å². The molecule has 0 amide bonds. The first-order valence-electron chi connectivity index (χ1n) is 9.48. The molecule has 4 aromatic rings. The second-order valence-corrected chi connectivity index (χ2v) is 6.97. The molecule has 5 rings (SSSR count). The van der Waals surface area contributed by atoms with Gasteiger partial charge in [-0.2, -0.15) is 0 Å². The third kappa shape index (κ3) is 2.85. The van der Waals surface area contributed by atoms with Crippen molar-refractivity contribution < 1.29 is 9.31 Å². The third-order valence-corrected chi connectivity index (χ3v) is 5.15. The minimum Gasteiger partial charge on any atom is -0.519 e. The van der Waals surface area contributed by atoms with Crippen molar-refractivity contribution in [2.24, 2.45) is 0 Å². The Morgan fingerprint density at radius 1 is 0.571 bits per heavy atom. The van der Waals surface area contributed by atoms with Gasteiger partial charge in [-0.05, 0) is 40.8 Å². The molecule has 1 heterocycles. The molecule has 1 aliphatic rings.